The highest BCUT2D eigenvalue weighted by molar-refractivity contribution is 5.83. The van der Waals surface area contributed by atoms with Gasteiger partial charge in [-0.1, -0.05) is 24.3 Å². The topological polar surface area (TPSA) is 37.3 Å². The molecule has 0 spiro atoms. The lowest BCUT2D eigenvalue weighted by Gasteiger charge is -2.21. The van der Waals surface area contributed by atoms with E-state index in [0.717, 1.165) is 48.5 Å². The SMILES string of the molecule is O=C(O)C(F)(c1ccc(F)cc1)c1ccc(F)cc1. The van der Waals surface area contributed by atoms with Crippen molar-refractivity contribution < 1.29 is 23.1 Å². The van der Waals surface area contributed by atoms with Gasteiger partial charge in [-0.05, 0) is 24.3 Å². The van der Waals surface area contributed by atoms with Gasteiger partial charge in [-0.2, -0.15) is 0 Å². The lowest BCUT2D eigenvalue weighted by molar-refractivity contribution is -0.148. The first-order valence-electron chi connectivity index (χ1n) is 5.39. The molecule has 0 aliphatic heterocycles. The van der Waals surface area contributed by atoms with E-state index in [0.29, 0.717) is 0 Å². The summed E-state index contributed by atoms with van der Waals surface area (Å²) in [4.78, 5) is 11.2. The summed E-state index contributed by atoms with van der Waals surface area (Å²) in [5.41, 5.74) is -3.30. The number of hydrogen-bond donors (Lipinski definition) is 1. The summed E-state index contributed by atoms with van der Waals surface area (Å²) < 4.78 is 40.4. The Hall–Kier alpha value is -2.30. The van der Waals surface area contributed by atoms with Crippen LogP contribution >= 0.6 is 0 Å². The summed E-state index contributed by atoms with van der Waals surface area (Å²) in [7, 11) is 0. The number of carboxylic acids is 1. The highest BCUT2D eigenvalue weighted by Gasteiger charge is 2.42. The van der Waals surface area contributed by atoms with Crippen molar-refractivity contribution >= 4 is 5.97 Å². The summed E-state index contributed by atoms with van der Waals surface area (Å²) >= 11 is 0. The minimum Gasteiger partial charge on any atom is -0.478 e. The average Bonchev–Trinajstić information content (AvgIpc) is 2.39. The molecule has 0 atom stereocenters. The summed E-state index contributed by atoms with van der Waals surface area (Å²) in [5.74, 6) is -2.95. The van der Waals surface area contributed by atoms with Crippen LogP contribution in [0.1, 0.15) is 11.1 Å². The Morgan fingerprint density at radius 3 is 1.42 bits per heavy atom. The Morgan fingerprint density at radius 1 is 0.842 bits per heavy atom. The van der Waals surface area contributed by atoms with Crippen LogP contribution in [0.15, 0.2) is 48.5 Å². The number of hydrogen-bond acceptors (Lipinski definition) is 1. The third-order valence-electron chi connectivity index (χ3n) is 2.78. The summed E-state index contributed by atoms with van der Waals surface area (Å²) in [6.07, 6.45) is 0. The first kappa shape index (κ1) is 13.1. The lowest BCUT2D eigenvalue weighted by atomic mass is 9.88. The van der Waals surface area contributed by atoms with Gasteiger partial charge < -0.3 is 5.11 Å². The molecule has 0 unspecified atom stereocenters. The fourth-order valence-electron chi connectivity index (χ4n) is 1.77. The molecule has 2 aromatic carbocycles. The monoisotopic (exact) mass is 266 g/mol. The molecule has 2 nitrogen and oxygen atoms in total. The van der Waals surface area contributed by atoms with Gasteiger partial charge in [-0.3, -0.25) is 0 Å². The van der Waals surface area contributed by atoms with Crippen LogP contribution in [0, 0.1) is 11.6 Å². The van der Waals surface area contributed by atoms with E-state index < -0.39 is 23.3 Å². The molecule has 0 bridgehead atoms. The second kappa shape index (κ2) is 4.76. The van der Waals surface area contributed by atoms with E-state index in [1.165, 1.54) is 0 Å². The Kier molecular flexibility index (Phi) is 3.29. The third kappa shape index (κ3) is 2.31. The van der Waals surface area contributed by atoms with E-state index in [4.69, 9.17) is 5.11 Å². The molecule has 0 aliphatic carbocycles. The average molecular weight is 266 g/mol. The first-order chi connectivity index (χ1) is 8.94. The first-order valence-corrected chi connectivity index (χ1v) is 5.39. The van der Waals surface area contributed by atoms with Crippen molar-refractivity contribution in [1.29, 1.82) is 0 Å². The number of benzene rings is 2. The van der Waals surface area contributed by atoms with Crippen molar-refractivity contribution in [2.75, 3.05) is 0 Å². The van der Waals surface area contributed by atoms with Crippen molar-refractivity contribution in [1.82, 2.24) is 0 Å². The van der Waals surface area contributed by atoms with Crippen LogP contribution in [-0.2, 0) is 10.5 Å². The minimum absolute atomic E-state index is 0.229. The number of aliphatic carboxylic acids is 1. The minimum atomic E-state index is -2.85. The number of alkyl halides is 1. The van der Waals surface area contributed by atoms with Gasteiger partial charge in [0, 0.05) is 11.1 Å². The van der Waals surface area contributed by atoms with E-state index in [1.807, 2.05) is 0 Å². The molecule has 5 heteroatoms. The largest absolute Gasteiger partial charge is 0.478 e. The zero-order chi connectivity index (χ0) is 14.0. The number of carboxylic acid groups (broad SMARTS) is 1. The fraction of sp³-hybridized carbons (Fsp3) is 0.0714. The normalized spacial score (nSPS) is 11.3. The molecule has 0 amide bonds. The van der Waals surface area contributed by atoms with Crippen LogP contribution in [0.5, 0.6) is 0 Å². The van der Waals surface area contributed by atoms with E-state index >= 15 is 0 Å². The molecule has 19 heavy (non-hydrogen) atoms. The van der Waals surface area contributed by atoms with Crippen molar-refractivity contribution in [3.8, 4) is 0 Å². The van der Waals surface area contributed by atoms with Crippen LogP contribution in [0.25, 0.3) is 0 Å². The zero-order valence-corrected chi connectivity index (χ0v) is 9.61. The van der Waals surface area contributed by atoms with Gasteiger partial charge in [0.2, 0.25) is 0 Å². The van der Waals surface area contributed by atoms with Crippen molar-refractivity contribution in [2.45, 2.75) is 5.67 Å². The summed E-state index contributed by atoms with van der Waals surface area (Å²) in [6.45, 7) is 0. The molecule has 2 rings (SSSR count). The zero-order valence-electron chi connectivity index (χ0n) is 9.61. The molecular formula is C14H9F3O2. The molecule has 0 aliphatic rings. The molecule has 0 aromatic heterocycles. The lowest BCUT2D eigenvalue weighted by Crippen LogP contribution is -2.32. The molecule has 0 radical (unpaired) electrons. The van der Waals surface area contributed by atoms with Gasteiger partial charge in [0.15, 0.2) is 0 Å². The summed E-state index contributed by atoms with van der Waals surface area (Å²) in [5, 5.41) is 9.12. The molecule has 1 N–H and O–H groups in total. The van der Waals surface area contributed by atoms with Crippen LogP contribution in [0.3, 0.4) is 0 Å². The predicted octanol–water partition coefficient (Wildman–Crippen LogP) is 3.26. The van der Waals surface area contributed by atoms with E-state index in [9.17, 15) is 18.0 Å². The third-order valence-corrected chi connectivity index (χ3v) is 2.78. The Morgan fingerprint density at radius 2 is 1.16 bits per heavy atom. The van der Waals surface area contributed by atoms with Crippen LogP contribution in [0.4, 0.5) is 13.2 Å². The van der Waals surface area contributed by atoms with Gasteiger partial charge in [-0.25, -0.2) is 18.0 Å². The van der Waals surface area contributed by atoms with Gasteiger partial charge in [0.1, 0.15) is 11.6 Å². The smallest absolute Gasteiger partial charge is 0.350 e. The predicted molar refractivity (Wildman–Crippen MR) is 62.3 cm³/mol. The van der Waals surface area contributed by atoms with Crippen molar-refractivity contribution in [3.63, 3.8) is 0 Å². The number of carbonyl (C=O) groups is 1. The van der Waals surface area contributed by atoms with E-state index in [1.54, 1.807) is 0 Å². The molecule has 0 heterocycles. The molecule has 0 saturated carbocycles. The highest BCUT2D eigenvalue weighted by atomic mass is 19.1. The highest BCUT2D eigenvalue weighted by Crippen LogP contribution is 2.34. The quantitative estimate of drug-likeness (QED) is 0.925. The second-order valence-electron chi connectivity index (χ2n) is 3.98. The van der Waals surface area contributed by atoms with Crippen molar-refractivity contribution in [2.24, 2.45) is 0 Å². The van der Waals surface area contributed by atoms with E-state index in [2.05, 4.69) is 0 Å². The van der Waals surface area contributed by atoms with Gasteiger partial charge >= 0.3 is 5.97 Å². The van der Waals surface area contributed by atoms with Crippen LogP contribution in [0.2, 0.25) is 0 Å². The van der Waals surface area contributed by atoms with Crippen LogP contribution in [-0.4, -0.2) is 11.1 Å². The van der Waals surface area contributed by atoms with Gasteiger partial charge in [0.25, 0.3) is 5.67 Å². The maximum absolute atomic E-state index is 14.8. The second-order valence-corrected chi connectivity index (χ2v) is 3.98. The number of rotatable bonds is 3. The summed E-state index contributed by atoms with van der Waals surface area (Å²) in [6, 6.07) is 8.07. The maximum Gasteiger partial charge on any atom is 0.350 e. The fourth-order valence-corrected chi connectivity index (χ4v) is 1.77. The molecule has 0 fully saturated rings. The maximum atomic E-state index is 14.8. The molecule has 2 aromatic rings. The standard InChI is InChI=1S/C14H9F3O2/c15-11-5-1-9(2-6-11)14(17,13(18)19)10-3-7-12(16)8-4-10/h1-8H,(H,18,19). The molecule has 0 saturated heterocycles. The van der Waals surface area contributed by atoms with Crippen LogP contribution < -0.4 is 0 Å². The molecular weight excluding hydrogens is 257 g/mol. The number of halogens is 3. The molecule has 98 valence electrons. The Labute approximate surface area is 107 Å². The van der Waals surface area contributed by atoms with Crippen molar-refractivity contribution in [3.05, 3.63) is 71.3 Å². The van der Waals surface area contributed by atoms with Gasteiger partial charge in [-0.15, -0.1) is 0 Å². The van der Waals surface area contributed by atoms with E-state index in [-0.39, 0.29) is 11.1 Å². The Bertz CT molecular complexity index is 546. The van der Waals surface area contributed by atoms with Gasteiger partial charge in [0.05, 0.1) is 0 Å². The Balaban J connectivity index is 2.57.